The maximum absolute atomic E-state index is 4.21. The Morgan fingerprint density at radius 2 is 2.33 bits per heavy atom. The summed E-state index contributed by atoms with van der Waals surface area (Å²) in [6.45, 7) is 0.865. The molecular weight excluding hydrogens is 226 g/mol. The average Bonchev–Trinajstić information content (AvgIpc) is 2.79. The van der Waals surface area contributed by atoms with Gasteiger partial charge in [-0.3, -0.25) is 4.99 Å². The minimum absolute atomic E-state index is 0.796. The van der Waals surface area contributed by atoms with Gasteiger partial charge in [-0.1, -0.05) is 17.8 Å². The molecule has 1 aliphatic heterocycles. The second kappa shape index (κ2) is 5.32. The zero-order chi connectivity index (χ0) is 10.5. The summed E-state index contributed by atoms with van der Waals surface area (Å²) in [4.78, 5) is 5.41. The second-order valence-electron chi connectivity index (χ2n) is 2.91. The summed E-state index contributed by atoms with van der Waals surface area (Å²) >= 11 is 3.36. The van der Waals surface area contributed by atoms with Crippen molar-refractivity contribution in [1.82, 2.24) is 0 Å². The van der Waals surface area contributed by atoms with E-state index in [1.807, 2.05) is 24.5 Å². The summed E-state index contributed by atoms with van der Waals surface area (Å²) in [6.07, 6.45) is 2.05. The number of azo groups is 1. The van der Waals surface area contributed by atoms with Gasteiger partial charge in [-0.05, 0) is 24.5 Å². The van der Waals surface area contributed by atoms with Crippen molar-refractivity contribution in [2.45, 2.75) is 4.90 Å². The lowest BCUT2D eigenvalue weighted by atomic mass is 10.3. The van der Waals surface area contributed by atoms with Crippen molar-refractivity contribution in [1.29, 1.82) is 0 Å². The number of amidine groups is 1. The van der Waals surface area contributed by atoms with Gasteiger partial charge in [0.05, 0.1) is 12.2 Å². The molecule has 78 valence electrons. The Morgan fingerprint density at radius 3 is 3.07 bits per heavy atom. The van der Waals surface area contributed by atoms with Crippen molar-refractivity contribution >= 4 is 34.4 Å². The first-order valence-electron chi connectivity index (χ1n) is 4.61. The molecule has 0 spiro atoms. The quantitative estimate of drug-likeness (QED) is 0.582. The monoisotopic (exact) mass is 237 g/mol. The fourth-order valence-corrected chi connectivity index (χ4v) is 2.26. The first-order valence-corrected chi connectivity index (χ1v) is 6.82. The first-order chi connectivity index (χ1) is 7.38. The highest BCUT2D eigenvalue weighted by Crippen LogP contribution is 2.22. The van der Waals surface area contributed by atoms with Crippen molar-refractivity contribution in [3.63, 3.8) is 0 Å². The predicted octanol–water partition coefficient (Wildman–Crippen LogP) is 3.60. The van der Waals surface area contributed by atoms with E-state index in [0.717, 1.165) is 23.2 Å². The van der Waals surface area contributed by atoms with Crippen LogP contribution in [0.3, 0.4) is 0 Å². The molecule has 0 atom stereocenters. The van der Waals surface area contributed by atoms with Crippen LogP contribution in [-0.2, 0) is 0 Å². The SMILES string of the molecule is CSc1cccc(/N=N/C2=NCCS2)c1. The Morgan fingerprint density at radius 1 is 1.40 bits per heavy atom. The van der Waals surface area contributed by atoms with Crippen LogP contribution in [0.25, 0.3) is 0 Å². The van der Waals surface area contributed by atoms with Crippen LogP contribution < -0.4 is 0 Å². The van der Waals surface area contributed by atoms with Gasteiger partial charge in [-0.25, -0.2) is 0 Å². The van der Waals surface area contributed by atoms with E-state index in [0.29, 0.717) is 0 Å². The number of benzene rings is 1. The molecule has 0 radical (unpaired) electrons. The fourth-order valence-electron chi connectivity index (χ4n) is 1.16. The summed E-state index contributed by atoms with van der Waals surface area (Å²) in [7, 11) is 0. The van der Waals surface area contributed by atoms with Gasteiger partial charge in [0.1, 0.15) is 0 Å². The third kappa shape index (κ3) is 3.07. The van der Waals surface area contributed by atoms with E-state index in [1.165, 1.54) is 4.90 Å². The maximum Gasteiger partial charge on any atom is 0.204 e. The van der Waals surface area contributed by atoms with Gasteiger partial charge in [0, 0.05) is 10.6 Å². The zero-order valence-corrected chi connectivity index (χ0v) is 10.0. The largest absolute Gasteiger partial charge is 0.258 e. The predicted molar refractivity (Wildman–Crippen MR) is 67.5 cm³/mol. The molecule has 1 aromatic rings. The Hall–Kier alpha value is -0.810. The van der Waals surface area contributed by atoms with Crippen LogP contribution in [0.1, 0.15) is 0 Å². The fraction of sp³-hybridized carbons (Fsp3) is 0.300. The van der Waals surface area contributed by atoms with Crippen LogP contribution in [0.15, 0.2) is 44.4 Å². The van der Waals surface area contributed by atoms with Gasteiger partial charge < -0.3 is 0 Å². The number of hydrogen-bond acceptors (Lipinski definition) is 5. The van der Waals surface area contributed by atoms with Crippen LogP contribution in [0.4, 0.5) is 5.69 Å². The Bertz CT molecular complexity index is 401. The molecule has 15 heavy (non-hydrogen) atoms. The van der Waals surface area contributed by atoms with Gasteiger partial charge in [-0.2, -0.15) is 0 Å². The lowest BCUT2D eigenvalue weighted by molar-refractivity contribution is 1.16. The summed E-state index contributed by atoms with van der Waals surface area (Å²) in [6, 6.07) is 8.02. The lowest BCUT2D eigenvalue weighted by Gasteiger charge is -1.96. The summed E-state index contributed by atoms with van der Waals surface area (Å²) < 4.78 is 0. The highest BCUT2D eigenvalue weighted by molar-refractivity contribution is 8.14. The second-order valence-corrected chi connectivity index (χ2v) is 4.86. The molecule has 0 unspecified atom stereocenters. The summed E-state index contributed by atoms with van der Waals surface area (Å²) in [5, 5.41) is 9.05. The van der Waals surface area contributed by atoms with Crippen molar-refractivity contribution < 1.29 is 0 Å². The van der Waals surface area contributed by atoms with Gasteiger partial charge in [0.25, 0.3) is 0 Å². The normalized spacial score (nSPS) is 15.9. The maximum atomic E-state index is 4.21. The molecule has 0 saturated heterocycles. The molecule has 1 heterocycles. The zero-order valence-electron chi connectivity index (χ0n) is 8.38. The number of nitrogens with zero attached hydrogens (tertiary/aromatic N) is 3. The van der Waals surface area contributed by atoms with Crippen LogP contribution >= 0.6 is 23.5 Å². The highest BCUT2D eigenvalue weighted by atomic mass is 32.2. The van der Waals surface area contributed by atoms with Crippen molar-refractivity contribution in [2.24, 2.45) is 15.2 Å². The number of aliphatic imine (C=N–C) groups is 1. The molecular formula is C10H11N3S2. The van der Waals surface area contributed by atoms with Crippen molar-refractivity contribution in [3.05, 3.63) is 24.3 Å². The minimum atomic E-state index is 0.796. The topological polar surface area (TPSA) is 37.1 Å². The smallest absolute Gasteiger partial charge is 0.204 e. The van der Waals surface area contributed by atoms with Crippen molar-refractivity contribution in [2.75, 3.05) is 18.6 Å². The highest BCUT2D eigenvalue weighted by Gasteiger charge is 2.04. The van der Waals surface area contributed by atoms with E-state index >= 15 is 0 Å². The van der Waals surface area contributed by atoms with Gasteiger partial charge in [0.2, 0.25) is 5.17 Å². The molecule has 0 aliphatic carbocycles. The third-order valence-corrected chi connectivity index (χ3v) is 3.45. The van der Waals surface area contributed by atoms with Crippen LogP contribution in [0, 0.1) is 0 Å². The summed E-state index contributed by atoms with van der Waals surface area (Å²) in [5.74, 6) is 1.03. The molecule has 0 saturated carbocycles. The molecule has 0 fully saturated rings. The number of rotatable bonds is 2. The van der Waals surface area contributed by atoms with Crippen molar-refractivity contribution in [3.8, 4) is 0 Å². The molecule has 1 aromatic carbocycles. The summed E-state index contributed by atoms with van der Waals surface area (Å²) in [5.41, 5.74) is 0.886. The standard InChI is InChI=1S/C10H11N3S2/c1-14-9-4-2-3-8(7-9)12-13-10-11-5-6-15-10/h2-4,7H,5-6H2,1H3/b13-12+. The molecule has 3 nitrogen and oxygen atoms in total. The Labute approximate surface area is 97.5 Å². The molecule has 1 aliphatic rings. The van der Waals surface area contributed by atoms with E-state index in [1.54, 1.807) is 23.5 Å². The minimum Gasteiger partial charge on any atom is -0.258 e. The Balaban J connectivity index is 2.09. The van der Waals surface area contributed by atoms with E-state index < -0.39 is 0 Å². The lowest BCUT2D eigenvalue weighted by Crippen LogP contribution is -1.77. The first kappa shape index (κ1) is 10.7. The van der Waals surface area contributed by atoms with Crippen LogP contribution in [-0.4, -0.2) is 23.7 Å². The number of hydrogen-bond donors (Lipinski definition) is 0. The van der Waals surface area contributed by atoms with Crippen LogP contribution in [0.2, 0.25) is 0 Å². The Kier molecular flexibility index (Phi) is 3.80. The van der Waals surface area contributed by atoms with Crippen LogP contribution in [0.5, 0.6) is 0 Å². The van der Waals surface area contributed by atoms with E-state index in [4.69, 9.17) is 0 Å². The van der Waals surface area contributed by atoms with E-state index in [9.17, 15) is 0 Å². The molecule has 0 aromatic heterocycles. The molecule has 5 heteroatoms. The van der Waals surface area contributed by atoms with E-state index in [-0.39, 0.29) is 0 Å². The van der Waals surface area contributed by atoms with Gasteiger partial charge >= 0.3 is 0 Å². The molecule has 2 rings (SSSR count). The molecule has 0 amide bonds. The third-order valence-electron chi connectivity index (χ3n) is 1.87. The average molecular weight is 237 g/mol. The number of thioether (sulfide) groups is 2. The molecule has 0 N–H and O–H groups in total. The molecule has 0 bridgehead atoms. The van der Waals surface area contributed by atoms with Gasteiger partial charge in [0.15, 0.2) is 0 Å². The van der Waals surface area contributed by atoms with Gasteiger partial charge in [-0.15, -0.1) is 22.0 Å². The van der Waals surface area contributed by atoms with E-state index in [2.05, 4.69) is 21.3 Å².